The monoisotopic (exact) mass is 351 g/mol. The highest BCUT2D eigenvalue weighted by molar-refractivity contribution is 5.95. The minimum atomic E-state index is -0.618. The first kappa shape index (κ1) is 16.2. The lowest BCUT2D eigenvalue weighted by atomic mass is 10.1. The summed E-state index contributed by atoms with van der Waals surface area (Å²) in [7, 11) is 0. The van der Waals surface area contributed by atoms with Gasteiger partial charge in [-0.2, -0.15) is 10.4 Å². The van der Waals surface area contributed by atoms with E-state index in [0.29, 0.717) is 35.6 Å². The lowest BCUT2D eigenvalue weighted by Gasteiger charge is -2.12. The van der Waals surface area contributed by atoms with Gasteiger partial charge in [-0.1, -0.05) is 6.07 Å². The first-order valence-electron chi connectivity index (χ1n) is 8.12. The number of carbonyl (C=O) groups excluding carboxylic acids is 1. The maximum Gasteiger partial charge on any atom is 0.253 e. The second kappa shape index (κ2) is 6.54. The van der Waals surface area contributed by atoms with Crippen molar-refractivity contribution in [3.63, 3.8) is 0 Å². The van der Waals surface area contributed by atoms with Crippen molar-refractivity contribution in [3.8, 4) is 17.3 Å². The Bertz CT molecular complexity index is 1030. The fourth-order valence-corrected chi connectivity index (χ4v) is 2.97. The summed E-state index contributed by atoms with van der Waals surface area (Å²) in [6, 6.07) is 9.47. The lowest BCUT2D eigenvalue weighted by Crippen LogP contribution is -2.26. The molecule has 1 aliphatic heterocycles. The van der Waals surface area contributed by atoms with Crippen LogP contribution in [0, 0.1) is 17.1 Å². The molecule has 4 rings (SSSR count). The number of nitrogens with zero attached hydrogens (tertiary/aromatic N) is 4. The summed E-state index contributed by atoms with van der Waals surface area (Å²) in [5.41, 5.74) is 2.06. The van der Waals surface area contributed by atoms with E-state index in [9.17, 15) is 9.18 Å². The number of anilines is 1. The fraction of sp³-hybridized carbons (Fsp3) is 0.222. The zero-order valence-corrected chi connectivity index (χ0v) is 13.6. The molecule has 1 saturated heterocycles. The van der Waals surface area contributed by atoms with Crippen LogP contribution in [0.1, 0.15) is 18.4 Å². The molecule has 130 valence electrons. The summed E-state index contributed by atoms with van der Waals surface area (Å²) in [4.78, 5) is 16.4. The molecular weight excluding hydrogens is 337 g/mol. The number of hydrogen-bond acceptors (Lipinski definition) is 5. The van der Waals surface area contributed by atoms with Crippen molar-refractivity contribution in [1.82, 2.24) is 14.6 Å². The van der Waals surface area contributed by atoms with Gasteiger partial charge in [-0.3, -0.25) is 4.79 Å². The predicted molar refractivity (Wildman–Crippen MR) is 90.7 cm³/mol. The number of carbonyl (C=O) groups is 1. The smallest absolute Gasteiger partial charge is 0.253 e. The van der Waals surface area contributed by atoms with Crippen LogP contribution in [-0.4, -0.2) is 33.2 Å². The Morgan fingerprint density at radius 3 is 3.00 bits per heavy atom. The molecule has 0 bridgehead atoms. The molecule has 1 aromatic carbocycles. The number of nitrogens with one attached hydrogen (secondary N) is 1. The zero-order valence-electron chi connectivity index (χ0n) is 13.6. The van der Waals surface area contributed by atoms with Gasteiger partial charge >= 0.3 is 0 Å². The Kier molecular flexibility index (Phi) is 4.07. The van der Waals surface area contributed by atoms with Crippen molar-refractivity contribution in [3.05, 3.63) is 48.0 Å². The fourth-order valence-electron chi connectivity index (χ4n) is 2.97. The molecule has 8 heteroatoms. The average molecular weight is 351 g/mol. The Morgan fingerprint density at radius 1 is 1.38 bits per heavy atom. The zero-order chi connectivity index (χ0) is 18.1. The summed E-state index contributed by atoms with van der Waals surface area (Å²) in [6.07, 6.45) is 2.47. The van der Waals surface area contributed by atoms with Crippen LogP contribution in [0.15, 0.2) is 36.7 Å². The number of rotatable bonds is 3. The molecule has 26 heavy (non-hydrogen) atoms. The van der Waals surface area contributed by atoms with Crippen LogP contribution in [0.3, 0.4) is 0 Å². The number of benzene rings is 1. The molecule has 0 saturated carbocycles. The van der Waals surface area contributed by atoms with Crippen molar-refractivity contribution in [2.75, 3.05) is 11.9 Å². The topological polar surface area (TPSA) is 92.3 Å². The van der Waals surface area contributed by atoms with Crippen LogP contribution in [0.4, 0.5) is 10.1 Å². The van der Waals surface area contributed by atoms with E-state index < -0.39 is 11.9 Å². The van der Waals surface area contributed by atoms with Crippen LogP contribution in [0.2, 0.25) is 0 Å². The number of fused-ring (bicyclic) bond motifs is 1. The summed E-state index contributed by atoms with van der Waals surface area (Å²) in [5.74, 6) is -0.838. The maximum atomic E-state index is 14.0. The normalized spacial score (nSPS) is 16.5. The molecule has 0 spiro atoms. The van der Waals surface area contributed by atoms with Crippen molar-refractivity contribution in [1.29, 1.82) is 5.26 Å². The highest BCUT2D eigenvalue weighted by atomic mass is 19.1. The molecule has 1 atom stereocenters. The number of amides is 1. The summed E-state index contributed by atoms with van der Waals surface area (Å²) in [5, 5.41) is 15.9. The number of aromatic nitrogens is 3. The van der Waals surface area contributed by atoms with Crippen LogP contribution < -0.4 is 5.32 Å². The van der Waals surface area contributed by atoms with Gasteiger partial charge in [0.05, 0.1) is 11.3 Å². The van der Waals surface area contributed by atoms with Gasteiger partial charge in [0.25, 0.3) is 5.91 Å². The number of hydrogen-bond donors (Lipinski definition) is 1. The second-order valence-corrected chi connectivity index (χ2v) is 5.96. The molecule has 0 aliphatic carbocycles. The van der Waals surface area contributed by atoms with E-state index >= 15 is 0 Å². The van der Waals surface area contributed by atoms with Gasteiger partial charge in [0.15, 0.2) is 5.65 Å². The molecule has 7 nitrogen and oxygen atoms in total. The summed E-state index contributed by atoms with van der Waals surface area (Å²) < 4.78 is 21.0. The van der Waals surface area contributed by atoms with E-state index in [4.69, 9.17) is 10.00 Å². The van der Waals surface area contributed by atoms with Gasteiger partial charge < -0.3 is 10.1 Å². The average Bonchev–Trinajstić information content (AvgIpc) is 3.32. The van der Waals surface area contributed by atoms with Gasteiger partial charge in [-0.25, -0.2) is 13.9 Å². The van der Waals surface area contributed by atoms with E-state index in [1.807, 2.05) is 0 Å². The van der Waals surface area contributed by atoms with Crippen molar-refractivity contribution in [2.45, 2.75) is 18.9 Å². The van der Waals surface area contributed by atoms with Gasteiger partial charge in [-0.05, 0) is 31.0 Å². The molecule has 1 aliphatic rings. The van der Waals surface area contributed by atoms with Crippen molar-refractivity contribution < 1.29 is 13.9 Å². The van der Waals surface area contributed by atoms with Crippen LogP contribution >= 0.6 is 0 Å². The molecular formula is C18H14FN5O2. The Hall–Kier alpha value is -3.31. The molecule has 1 amide bonds. The highest BCUT2D eigenvalue weighted by Gasteiger charge is 2.24. The lowest BCUT2D eigenvalue weighted by molar-refractivity contribution is -0.124. The van der Waals surface area contributed by atoms with E-state index in [2.05, 4.69) is 15.4 Å². The summed E-state index contributed by atoms with van der Waals surface area (Å²) in [6.45, 7) is 0.580. The Morgan fingerprint density at radius 2 is 2.27 bits per heavy atom. The minimum absolute atomic E-state index is 0.0357. The Labute approximate surface area is 148 Å². The summed E-state index contributed by atoms with van der Waals surface area (Å²) >= 11 is 0. The Balaban J connectivity index is 1.74. The first-order valence-corrected chi connectivity index (χ1v) is 8.12. The number of pyridine rings is 1. The van der Waals surface area contributed by atoms with E-state index in [-0.39, 0.29) is 11.5 Å². The largest absolute Gasteiger partial charge is 0.368 e. The van der Waals surface area contributed by atoms with Gasteiger partial charge in [0.2, 0.25) is 0 Å². The van der Waals surface area contributed by atoms with Gasteiger partial charge in [-0.15, -0.1) is 0 Å². The second-order valence-electron chi connectivity index (χ2n) is 5.96. The molecule has 3 aromatic rings. The number of nitriles is 1. The predicted octanol–water partition coefficient (Wildman–Crippen LogP) is 2.52. The highest BCUT2D eigenvalue weighted by Crippen LogP contribution is 2.26. The maximum absolute atomic E-state index is 14.0. The molecule has 1 N–H and O–H groups in total. The minimum Gasteiger partial charge on any atom is -0.368 e. The van der Waals surface area contributed by atoms with Crippen LogP contribution in [0.5, 0.6) is 0 Å². The SMILES string of the molecule is N#Cc1ccc(-c2cc(NC(=O)C3CCCO3)cc3ncnn23)cc1F. The molecule has 2 aromatic heterocycles. The first-order chi connectivity index (χ1) is 12.7. The molecule has 1 fully saturated rings. The van der Waals surface area contributed by atoms with E-state index in [1.54, 1.807) is 28.8 Å². The molecule has 0 radical (unpaired) electrons. The quantitative estimate of drug-likeness (QED) is 0.783. The van der Waals surface area contributed by atoms with Crippen molar-refractivity contribution >= 4 is 17.2 Å². The van der Waals surface area contributed by atoms with Gasteiger partial charge in [0.1, 0.15) is 24.3 Å². The van der Waals surface area contributed by atoms with Gasteiger partial charge in [0, 0.05) is 23.9 Å². The van der Waals surface area contributed by atoms with Crippen molar-refractivity contribution in [2.24, 2.45) is 0 Å². The van der Waals surface area contributed by atoms with E-state index in [0.717, 1.165) is 6.42 Å². The number of ether oxygens (including phenoxy) is 1. The third-order valence-corrected chi connectivity index (χ3v) is 4.25. The van der Waals surface area contributed by atoms with E-state index in [1.165, 1.54) is 18.5 Å². The third-order valence-electron chi connectivity index (χ3n) is 4.25. The van der Waals surface area contributed by atoms with Crippen LogP contribution in [-0.2, 0) is 9.53 Å². The molecule has 1 unspecified atom stereocenters. The standard InChI is InChI=1S/C18H14FN5O2/c19-14-6-11(3-4-12(14)9-20)15-7-13(8-17-21-10-22-24(15)17)23-18(25)16-2-1-5-26-16/h3-4,6-8,10,16H,1-2,5H2,(H,23,25). The van der Waals surface area contributed by atoms with Crippen LogP contribution in [0.25, 0.3) is 16.9 Å². The molecule has 3 heterocycles. The third kappa shape index (κ3) is 2.89. The number of halogens is 1.